The molecular formula is C26H30N2O5. The van der Waals surface area contributed by atoms with Gasteiger partial charge in [-0.2, -0.15) is 0 Å². The Labute approximate surface area is 193 Å². The fourth-order valence-electron chi connectivity index (χ4n) is 4.79. The molecule has 2 aromatic carbocycles. The van der Waals surface area contributed by atoms with Gasteiger partial charge in [0.1, 0.15) is 12.1 Å². The molecule has 174 valence electrons. The summed E-state index contributed by atoms with van der Waals surface area (Å²) in [6, 6.07) is 16.2. The molecule has 2 aliphatic carbocycles. The number of carbonyl (C=O) groups is 3. The standard InChI is InChI=1S/C26H30N2O5/c1-3-12-26(2,24(31)27-14-16-13-21(16)23(29)30)28-25(32)33-15-22-19-10-6-4-8-17(19)18-9-5-7-11-20(18)22/h4-11,16,21-22H,3,12-15H2,1-2H3,(H,27,31)(H,28,32)(H,29,30)/t16-,21-,26?/m1/s1. The summed E-state index contributed by atoms with van der Waals surface area (Å²) in [7, 11) is 0. The van der Waals surface area contributed by atoms with Crippen LogP contribution in [0.15, 0.2) is 48.5 Å². The Morgan fingerprint density at radius 2 is 1.67 bits per heavy atom. The average molecular weight is 451 g/mol. The Balaban J connectivity index is 1.37. The van der Waals surface area contributed by atoms with Crippen LogP contribution in [0.5, 0.6) is 0 Å². The molecule has 0 bridgehead atoms. The lowest BCUT2D eigenvalue weighted by molar-refractivity contribution is -0.139. The van der Waals surface area contributed by atoms with Crippen molar-refractivity contribution in [2.45, 2.75) is 44.6 Å². The van der Waals surface area contributed by atoms with Crippen molar-refractivity contribution in [1.29, 1.82) is 0 Å². The summed E-state index contributed by atoms with van der Waals surface area (Å²) in [6.07, 6.45) is 1.06. The topological polar surface area (TPSA) is 105 Å². The van der Waals surface area contributed by atoms with Gasteiger partial charge in [0.2, 0.25) is 5.91 Å². The summed E-state index contributed by atoms with van der Waals surface area (Å²) in [5, 5.41) is 14.6. The minimum Gasteiger partial charge on any atom is -0.481 e. The Morgan fingerprint density at radius 3 is 2.21 bits per heavy atom. The first-order chi connectivity index (χ1) is 15.8. The first kappa shape index (κ1) is 22.8. The van der Waals surface area contributed by atoms with Crippen LogP contribution in [0.2, 0.25) is 0 Å². The van der Waals surface area contributed by atoms with Crippen molar-refractivity contribution in [2.75, 3.05) is 13.2 Å². The molecule has 4 rings (SSSR count). The summed E-state index contributed by atoms with van der Waals surface area (Å²) in [5.41, 5.74) is 3.41. The van der Waals surface area contributed by atoms with Crippen LogP contribution in [0.3, 0.4) is 0 Å². The molecule has 1 unspecified atom stereocenters. The third-order valence-corrected chi connectivity index (χ3v) is 6.74. The number of hydrogen-bond donors (Lipinski definition) is 3. The molecule has 7 heteroatoms. The second-order valence-corrected chi connectivity index (χ2v) is 9.18. The van der Waals surface area contributed by atoms with Crippen molar-refractivity contribution in [3.63, 3.8) is 0 Å². The third kappa shape index (κ3) is 4.72. The van der Waals surface area contributed by atoms with Gasteiger partial charge in [-0.15, -0.1) is 0 Å². The number of hydrogen-bond acceptors (Lipinski definition) is 4. The highest BCUT2D eigenvalue weighted by Gasteiger charge is 2.44. The van der Waals surface area contributed by atoms with Crippen molar-refractivity contribution in [1.82, 2.24) is 10.6 Å². The number of ether oxygens (including phenoxy) is 1. The SMILES string of the molecule is CCCC(C)(NC(=O)OCC1c2ccccc2-c2ccccc21)C(=O)NC[C@H]1C[C@H]1C(=O)O. The molecule has 0 aromatic heterocycles. The maximum atomic E-state index is 12.9. The lowest BCUT2D eigenvalue weighted by Gasteiger charge is -2.29. The van der Waals surface area contributed by atoms with Crippen LogP contribution >= 0.6 is 0 Å². The second kappa shape index (κ2) is 9.25. The summed E-state index contributed by atoms with van der Waals surface area (Å²) in [5.74, 6) is -1.65. The van der Waals surface area contributed by atoms with E-state index in [0.29, 0.717) is 25.8 Å². The van der Waals surface area contributed by atoms with E-state index in [1.54, 1.807) is 6.92 Å². The van der Waals surface area contributed by atoms with Gasteiger partial charge in [-0.1, -0.05) is 61.9 Å². The van der Waals surface area contributed by atoms with Crippen molar-refractivity contribution >= 4 is 18.0 Å². The van der Waals surface area contributed by atoms with Gasteiger partial charge in [0.25, 0.3) is 0 Å². The van der Waals surface area contributed by atoms with Gasteiger partial charge in [-0.25, -0.2) is 4.79 Å². The summed E-state index contributed by atoms with van der Waals surface area (Å²) >= 11 is 0. The Hall–Kier alpha value is -3.35. The highest BCUT2D eigenvalue weighted by Crippen LogP contribution is 2.44. The minimum absolute atomic E-state index is 0.0493. The van der Waals surface area contributed by atoms with Crippen LogP contribution in [0.1, 0.15) is 50.2 Å². The number of amides is 2. The summed E-state index contributed by atoms with van der Waals surface area (Å²) in [6.45, 7) is 4.08. The predicted octanol–water partition coefficient (Wildman–Crippen LogP) is 3.92. The minimum atomic E-state index is -1.13. The molecular weight excluding hydrogens is 420 g/mol. The molecule has 0 aliphatic heterocycles. The predicted molar refractivity (Wildman–Crippen MR) is 124 cm³/mol. The quantitative estimate of drug-likeness (QED) is 0.537. The molecule has 33 heavy (non-hydrogen) atoms. The third-order valence-electron chi connectivity index (χ3n) is 6.74. The largest absolute Gasteiger partial charge is 0.481 e. The first-order valence-electron chi connectivity index (χ1n) is 11.5. The van der Waals surface area contributed by atoms with Crippen LogP contribution in [0.4, 0.5) is 4.79 Å². The fraction of sp³-hybridized carbons (Fsp3) is 0.423. The van der Waals surface area contributed by atoms with Gasteiger partial charge in [-0.05, 0) is 47.9 Å². The number of benzene rings is 2. The van der Waals surface area contributed by atoms with E-state index in [2.05, 4.69) is 34.9 Å². The lowest BCUT2D eigenvalue weighted by Crippen LogP contribution is -2.57. The lowest BCUT2D eigenvalue weighted by atomic mass is 9.95. The highest BCUT2D eigenvalue weighted by atomic mass is 16.5. The van der Waals surface area contributed by atoms with E-state index in [4.69, 9.17) is 9.84 Å². The van der Waals surface area contributed by atoms with E-state index in [1.165, 1.54) is 0 Å². The number of aliphatic carboxylic acids is 1. The summed E-state index contributed by atoms with van der Waals surface area (Å²) in [4.78, 5) is 36.6. The molecule has 7 nitrogen and oxygen atoms in total. The van der Waals surface area contributed by atoms with Gasteiger partial charge < -0.3 is 20.5 Å². The number of carboxylic acid groups (broad SMARTS) is 1. The number of alkyl carbamates (subject to hydrolysis) is 1. The summed E-state index contributed by atoms with van der Waals surface area (Å²) < 4.78 is 5.61. The highest BCUT2D eigenvalue weighted by molar-refractivity contribution is 5.89. The molecule has 3 atom stereocenters. The monoisotopic (exact) mass is 450 g/mol. The molecule has 0 heterocycles. The van der Waals surface area contributed by atoms with Crippen LogP contribution in [0, 0.1) is 11.8 Å². The number of fused-ring (bicyclic) bond motifs is 3. The smallest absolute Gasteiger partial charge is 0.408 e. The zero-order valence-corrected chi connectivity index (χ0v) is 19.0. The van der Waals surface area contributed by atoms with Crippen LogP contribution in [0.25, 0.3) is 11.1 Å². The van der Waals surface area contributed by atoms with Gasteiger partial charge in [0.05, 0.1) is 5.92 Å². The molecule has 0 spiro atoms. The maximum Gasteiger partial charge on any atom is 0.408 e. The van der Waals surface area contributed by atoms with Gasteiger partial charge in [0.15, 0.2) is 0 Å². The number of carbonyl (C=O) groups excluding carboxylic acids is 2. The van der Waals surface area contributed by atoms with E-state index in [-0.39, 0.29) is 24.3 Å². The second-order valence-electron chi connectivity index (χ2n) is 9.18. The molecule has 1 fully saturated rings. The average Bonchev–Trinajstić information content (AvgIpc) is 3.52. The van der Waals surface area contributed by atoms with Crippen molar-refractivity contribution < 1.29 is 24.2 Å². The van der Waals surface area contributed by atoms with Gasteiger partial charge >= 0.3 is 12.1 Å². The Kier molecular flexibility index (Phi) is 6.40. The van der Waals surface area contributed by atoms with Crippen LogP contribution < -0.4 is 10.6 Å². The zero-order valence-electron chi connectivity index (χ0n) is 19.0. The molecule has 1 saturated carbocycles. The first-order valence-corrected chi connectivity index (χ1v) is 11.5. The molecule has 2 amide bonds. The molecule has 3 N–H and O–H groups in total. The number of rotatable bonds is 9. The molecule has 0 saturated heterocycles. The van der Waals surface area contributed by atoms with Crippen molar-refractivity contribution in [2.24, 2.45) is 11.8 Å². The molecule has 0 radical (unpaired) electrons. The van der Waals surface area contributed by atoms with E-state index in [9.17, 15) is 14.4 Å². The molecule has 2 aliphatic rings. The number of carboxylic acids is 1. The Morgan fingerprint density at radius 1 is 1.06 bits per heavy atom. The molecule has 2 aromatic rings. The Bertz CT molecular complexity index is 1020. The van der Waals surface area contributed by atoms with E-state index in [1.807, 2.05) is 31.2 Å². The maximum absolute atomic E-state index is 12.9. The van der Waals surface area contributed by atoms with E-state index in [0.717, 1.165) is 22.3 Å². The fourth-order valence-corrected chi connectivity index (χ4v) is 4.79. The van der Waals surface area contributed by atoms with E-state index >= 15 is 0 Å². The van der Waals surface area contributed by atoms with E-state index < -0.39 is 23.5 Å². The number of nitrogens with one attached hydrogen (secondary N) is 2. The van der Waals surface area contributed by atoms with Crippen LogP contribution in [-0.2, 0) is 14.3 Å². The van der Waals surface area contributed by atoms with Crippen molar-refractivity contribution in [3.8, 4) is 11.1 Å². The van der Waals surface area contributed by atoms with Gasteiger partial charge in [0, 0.05) is 12.5 Å². The van der Waals surface area contributed by atoms with Crippen LogP contribution in [-0.4, -0.2) is 41.8 Å². The van der Waals surface area contributed by atoms with Crippen molar-refractivity contribution in [3.05, 3.63) is 59.7 Å². The van der Waals surface area contributed by atoms with Gasteiger partial charge in [-0.3, -0.25) is 9.59 Å². The normalized spacial score (nSPS) is 20.2. The zero-order chi connectivity index (χ0) is 23.6.